The minimum Gasteiger partial charge on any atom is -0.454 e. The number of urea groups is 1. The first-order chi connectivity index (χ1) is 15.1. The third-order valence-corrected chi connectivity index (χ3v) is 6.12. The number of aromatic nitrogens is 1. The molecule has 1 saturated heterocycles. The molecule has 170 valence electrons. The van der Waals surface area contributed by atoms with Crippen LogP contribution < -0.4 is 14.8 Å². The largest absolute Gasteiger partial charge is 0.454 e. The van der Waals surface area contributed by atoms with Gasteiger partial charge in [0.2, 0.25) is 6.79 Å². The second kappa shape index (κ2) is 8.00. The van der Waals surface area contributed by atoms with Gasteiger partial charge in [-0.3, -0.25) is 14.5 Å². The minimum absolute atomic E-state index is 0.220. The molecule has 2 aliphatic heterocycles. The van der Waals surface area contributed by atoms with E-state index in [1.807, 2.05) is 56.5 Å². The zero-order valence-electron chi connectivity index (χ0n) is 19.2. The van der Waals surface area contributed by atoms with Gasteiger partial charge >= 0.3 is 6.03 Å². The molecule has 4 rings (SSSR count). The van der Waals surface area contributed by atoms with E-state index >= 15 is 0 Å². The van der Waals surface area contributed by atoms with E-state index in [0.717, 1.165) is 27.6 Å². The van der Waals surface area contributed by atoms with E-state index in [9.17, 15) is 14.4 Å². The number of rotatable bonds is 7. The molecule has 1 aromatic carbocycles. The average Bonchev–Trinajstić information content (AvgIpc) is 3.35. The van der Waals surface area contributed by atoms with E-state index in [0.29, 0.717) is 24.3 Å². The Hall–Kier alpha value is -3.29. The number of aryl methyl sites for hydroxylation is 1. The van der Waals surface area contributed by atoms with Crippen molar-refractivity contribution in [1.29, 1.82) is 0 Å². The summed E-state index contributed by atoms with van der Waals surface area (Å²) in [6.45, 7) is 10.0. The van der Waals surface area contributed by atoms with Gasteiger partial charge in [-0.1, -0.05) is 19.9 Å². The van der Waals surface area contributed by atoms with Crippen molar-refractivity contribution in [1.82, 2.24) is 14.8 Å². The van der Waals surface area contributed by atoms with Gasteiger partial charge in [-0.05, 0) is 56.9 Å². The average molecular weight is 440 g/mol. The summed E-state index contributed by atoms with van der Waals surface area (Å²) in [6, 6.07) is 7.09. The van der Waals surface area contributed by atoms with Crippen LogP contribution in [0.5, 0.6) is 11.5 Å². The summed E-state index contributed by atoms with van der Waals surface area (Å²) in [6.07, 6.45) is 0.520. The van der Waals surface area contributed by atoms with Gasteiger partial charge in [-0.2, -0.15) is 0 Å². The SMILES string of the molecule is Cc1cc(C(=O)CN2C(=O)N[C@](C)(CC(C)C)C2=O)c(C)n1Cc1ccc2c(c1)OCO2. The summed E-state index contributed by atoms with van der Waals surface area (Å²) in [5, 5.41) is 2.76. The van der Waals surface area contributed by atoms with Crippen molar-refractivity contribution in [3.63, 3.8) is 0 Å². The van der Waals surface area contributed by atoms with Crippen molar-refractivity contribution >= 4 is 17.7 Å². The normalized spacial score (nSPS) is 19.8. The number of carbonyl (C=O) groups excluding carboxylic acids is 3. The van der Waals surface area contributed by atoms with Crippen LogP contribution in [0, 0.1) is 19.8 Å². The van der Waals surface area contributed by atoms with Gasteiger partial charge in [-0.15, -0.1) is 0 Å². The fourth-order valence-corrected chi connectivity index (χ4v) is 4.62. The van der Waals surface area contributed by atoms with E-state index in [4.69, 9.17) is 9.47 Å². The van der Waals surface area contributed by atoms with Crippen LogP contribution in [0.15, 0.2) is 24.3 Å². The smallest absolute Gasteiger partial charge is 0.325 e. The van der Waals surface area contributed by atoms with E-state index in [1.165, 1.54) is 0 Å². The molecule has 32 heavy (non-hydrogen) atoms. The van der Waals surface area contributed by atoms with Crippen LogP contribution in [0.4, 0.5) is 4.79 Å². The Labute approximate surface area is 187 Å². The zero-order chi connectivity index (χ0) is 23.2. The standard InChI is InChI=1S/C24H29N3O5/c1-14(2)10-24(5)22(29)27(23(30)25-24)12-19(28)18-8-15(3)26(16(18)4)11-17-6-7-20-21(9-17)32-13-31-20/h6-9,14H,10-13H2,1-5H3,(H,25,30)/t24-/m1/s1. The van der Waals surface area contributed by atoms with E-state index < -0.39 is 11.6 Å². The highest BCUT2D eigenvalue weighted by Crippen LogP contribution is 2.33. The summed E-state index contributed by atoms with van der Waals surface area (Å²) in [5.74, 6) is 1.06. The molecule has 0 unspecified atom stereocenters. The number of imide groups is 1. The number of carbonyl (C=O) groups is 3. The Morgan fingerprint density at radius 3 is 2.59 bits per heavy atom. The number of ketones is 1. The van der Waals surface area contributed by atoms with Crippen molar-refractivity contribution in [2.75, 3.05) is 13.3 Å². The van der Waals surface area contributed by atoms with Crippen molar-refractivity contribution in [2.24, 2.45) is 5.92 Å². The quantitative estimate of drug-likeness (QED) is 0.527. The van der Waals surface area contributed by atoms with Crippen LogP contribution in [-0.2, 0) is 11.3 Å². The van der Waals surface area contributed by atoms with Crippen LogP contribution in [0.3, 0.4) is 0 Å². The number of Topliss-reactive ketones (excluding diaryl/α,β-unsaturated/α-hetero) is 1. The van der Waals surface area contributed by atoms with Gasteiger partial charge in [0.15, 0.2) is 17.3 Å². The third-order valence-electron chi connectivity index (χ3n) is 6.12. The lowest BCUT2D eigenvalue weighted by molar-refractivity contribution is -0.131. The number of fused-ring (bicyclic) bond motifs is 1. The maximum absolute atomic E-state index is 13.1. The van der Waals surface area contributed by atoms with Crippen molar-refractivity contribution in [3.8, 4) is 11.5 Å². The van der Waals surface area contributed by atoms with E-state index in [2.05, 4.69) is 5.32 Å². The van der Waals surface area contributed by atoms with Crippen molar-refractivity contribution in [2.45, 2.75) is 53.1 Å². The van der Waals surface area contributed by atoms with Crippen LogP contribution >= 0.6 is 0 Å². The minimum atomic E-state index is -0.970. The number of benzene rings is 1. The lowest BCUT2D eigenvalue weighted by Gasteiger charge is -2.23. The fraction of sp³-hybridized carbons (Fsp3) is 0.458. The highest BCUT2D eigenvalue weighted by atomic mass is 16.7. The molecule has 8 heteroatoms. The number of nitrogens with one attached hydrogen (secondary N) is 1. The van der Waals surface area contributed by atoms with Gasteiger partial charge < -0.3 is 19.4 Å². The van der Waals surface area contributed by atoms with Crippen LogP contribution in [0.2, 0.25) is 0 Å². The lowest BCUT2D eigenvalue weighted by atomic mass is 9.91. The predicted octanol–water partition coefficient (Wildman–Crippen LogP) is 3.42. The maximum Gasteiger partial charge on any atom is 0.325 e. The first-order valence-electron chi connectivity index (χ1n) is 10.8. The maximum atomic E-state index is 13.1. The Balaban J connectivity index is 1.52. The summed E-state index contributed by atoms with van der Waals surface area (Å²) >= 11 is 0. The molecule has 1 aromatic heterocycles. The highest BCUT2D eigenvalue weighted by Gasteiger charge is 2.48. The van der Waals surface area contributed by atoms with Crippen LogP contribution in [-0.4, -0.2) is 46.1 Å². The molecule has 0 bridgehead atoms. The zero-order valence-corrected chi connectivity index (χ0v) is 19.2. The summed E-state index contributed by atoms with van der Waals surface area (Å²) < 4.78 is 12.9. The molecule has 0 saturated carbocycles. The number of hydrogen-bond donors (Lipinski definition) is 1. The Morgan fingerprint density at radius 1 is 1.16 bits per heavy atom. The second-order valence-electron chi connectivity index (χ2n) is 9.23. The molecule has 3 amide bonds. The molecule has 2 aliphatic rings. The molecule has 2 aromatic rings. The summed E-state index contributed by atoms with van der Waals surface area (Å²) in [4.78, 5) is 39.5. The molecule has 3 heterocycles. The monoisotopic (exact) mass is 439 g/mol. The van der Waals surface area contributed by atoms with Crippen LogP contribution in [0.1, 0.15) is 54.5 Å². The topological polar surface area (TPSA) is 89.9 Å². The summed E-state index contributed by atoms with van der Waals surface area (Å²) in [5.41, 5.74) is 2.28. The molecule has 1 N–H and O–H groups in total. The van der Waals surface area contributed by atoms with Gasteiger partial charge in [0.25, 0.3) is 5.91 Å². The molecule has 0 radical (unpaired) electrons. The predicted molar refractivity (Wildman–Crippen MR) is 118 cm³/mol. The van der Waals surface area contributed by atoms with Crippen LogP contribution in [0.25, 0.3) is 0 Å². The number of nitrogens with zero attached hydrogens (tertiary/aromatic N) is 2. The molecular weight excluding hydrogens is 410 g/mol. The fourth-order valence-electron chi connectivity index (χ4n) is 4.62. The molecular formula is C24H29N3O5. The molecule has 0 aliphatic carbocycles. The number of amides is 3. The Morgan fingerprint density at radius 2 is 1.88 bits per heavy atom. The van der Waals surface area contributed by atoms with Gasteiger partial charge in [0, 0.05) is 23.5 Å². The Kier molecular flexibility index (Phi) is 5.48. The molecule has 8 nitrogen and oxygen atoms in total. The molecule has 1 atom stereocenters. The van der Waals surface area contributed by atoms with Gasteiger partial charge in [0.05, 0.1) is 6.54 Å². The first-order valence-corrected chi connectivity index (χ1v) is 10.8. The number of ether oxygens (including phenoxy) is 2. The highest BCUT2D eigenvalue weighted by molar-refractivity contribution is 6.11. The van der Waals surface area contributed by atoms with E-state index in [1.54, 1.807) is 6.92 Å². The lowest BCUT2D eigenvalue weighted by Crippen LogP contribution is -2.45. The Bertz CT molecular complexity index is 1100. The molecule has 0 spiro atoms. The third kappa shape index (κ3) is 3.85. The van der Waals surface area contributed by atoms with Crippen molar-refractivity contribution < 1.29 is 23.9 Å². The van der Waals surface area contributed by atoms with Gasteiger partial charge in [0.1, 0.15) is 5.54 Å². The van der Waals surface area contributed by atoms with E-state index in [-0.39, 0.29) is 30.9 Å². The van der Waals surface area contributed by atoms with Crippen molar-refractivity contribution in [3.05, 3.63) is 46.8 Å². The summed E-state index contributed by atoms with van der Waals surface area (Å²) in [7, 11) is 0. The second-order valence-corrected chi connectivity index (χ2v) is 9.23. The molecule has 1 fully saturated rings. The van der Waals surface area contributed by atoms with Gasteiger partial charge in [-0.25, -0.2) is 4.79 Å². The first kappa shape index (κ1) is 21.9. The number of hydrogen-bond acceptors (Lipinski definition) is 5.